The highest BCUT2D eigenvalue weighted by Gasteiger charge is 2.09. The number of ether oxygens (including phenoxy) is 1. The van der Waals surface area contributed by atoms with Gasteiger partial charge in [0.05, 0.1) is 5.02 Å². The topological polar surface area (TPSA) is 51.2 Å². The number of carbonyl (C=O) groups is 1. The molecule has 0 fully saturated rings. The Morgan fingerprint density at radius 1 is 1.24 bits per heavy atom. The summed E-state index contributed by atoms with van der Waals surface area (Å²) in [5.41, 5.74) is 2.45. The molecule has 2 aromatic carbocycles. The molecule has 0 saturated carbocycles. The Hall–Kier alpha value is -2.37. The molecule has 0 aliphatic heterocycles. The number of para-hydroxylation sites is 1. The number of anilines is 1. The van der Waals surface area contributed by atoms with E-state index in [1.165, 1.54) is 22.5 Å². The van der Waals surface area contributed by atoms with Crippen molar-refractivity contribution in [3.8, 4) is 5.75 Å². The molecule has 25 heavy (non-hydrogen) atoms. The van der Waals surface area contributed by atoms with Crippen molar-refractivity contribution in [2.45, 2.75) is 13.3 Å². The molecule has 3 rings (SSSR count). The van der Waals surface area contributed by atoms with Crippen LogP contribution in [0.15, 0.2) is 54.7 Å². The summed E-state index contributed by atoms with van der Waals surface area (Å²) in [5, 5.41) is 3.79. The van der Waals surface area contributed by atoms with E-state index in [9.17, 15) is 4.79 Å². The predicted octanol–water partition coefficient (Wildman–Crippen LogP) is 4.71. The highest BCUT2D eigenvalue weighted by molar-refractivity contribution is 7.15. The normalized spacial score (nSPS) is 10.5. The SMILES string of the molecule is Cc1cccc(Cc2cnc(NC(=O)COc3ccccc3Cl)s2)c1. The number of thiazole rings is 1. The molecule has 0 bridgehead atoms. The van der Waals surface area contributed by atoms with E-state index in [0.29, 0.717) is 15.9 Å². The van der Waals surface area contributed by atoms with Crippen LogP contribution in [-0.4, -0.2) is 17.5 Å². The third kappa shape index (κ3) is 5.05. The maximum Gasteiger partial charge on any atom is 0.264 e. The summed E-state index contributed by atoms with van der Waals surface area (Å²) in [5.74, 6) is 0.218. The maximum absolute atomic E-state index is 12.0. The first-order valence-corrected chi connectivity index (χ1v) is 8.97. The molecule has 0 saturated heterocycles. The van der Waals surface area contributed by atoms with Crippen LogP contribution < -0.4 is 10.1 Å². The zero-order valence-corrected chi connectivity index (χ0v) is 15.2. The van der Waals surface area contributed by atoms with Gasteiger partial charge in [0, 0.05) is 17.5 Å². The molecule has 0 radical (unpaired) electrons. The lowest BCUT2D eigenvalue weighted by molar-refractivity contribution is -0.118. The molecule has 1 N–H and O–H groups in total. The molecule has 3 aromatic rings. The molecule has 1 aromatic heterocycles. The Balaban J connectivity index is 1.54. The first-order valence-electron chi connectivity index (χ1n) is 7.77. The first-order chi connectivity index (χ1) is 12.1. The van der Waals surface area contributed by atoms with Crippen molar-refractivity contribution in [1.29, 1.82) is 0 Å². The molecular formula is C19H17ClN2O2S. The number of benzene rings is 2. The molecule has 1 amide bonds. The van der Waals surface area contributed by atoms with Crippen molar-refractivity contribution < 1.29 is 9.53 Å². The number of carbonyl (C=O) groups excluding carboxylic acids is 1. The molecule has 0 aliphatic carbocycles. The zero-order valence-electron chi connectivity index (χ0n) is 13.7. The molecular weight excluding hydrogens is 356 g/mol. The van der Waals surface area contributed by atoms with Gasteiger partial charge in [-0.15, -0.1) is 11.3 Å². The van der Waals surface area contributed by atoms with Crippen molar-refractivity contribution in [2.24, 2.45) is 0 Å². The number of amides is 1. The quantitative estimate of drug-likeness (QED) is 0.681. The Morgan fingerprint density at radius 3 is 2.88 bits per heavy atom. The molecule has 128 valence electrons. The van der Waals surface area contributed by atoms with E-state index >= 15 is 0 Å². The second-order valence-corrected chi connectivity index (χ2v) is 7.09. The van der Waals surface area contributed by atoms with Gasteiger partial charge in [-0.1, -0.05) is 53.6 Å². The monoisotopic (exact) mass is 372 g/mol. The average Bonchev–Trinajstić information content (AvgIpc) is 3.01. The van der Waals surface area contributed by atoms with Gasteiger partial charge in [0.1, 0.15) is 5.75 Å². The van der Waals surface area contributed by atoms with E-state index in [1.54, 1.807) is 30.5 Å². The summed E-state index contributed by atoms with van der Waals surface area (Å²) in [7, 11) is 0. The average molecular weight is 373 g/mol. The molecule has 0 spiro atoms. The van der Waals surface area contributed by atoms with Gasteiger partial charge in [-0.3, -0.25) is 10.1 Å². The molecule has 4 nitrogen and oxygen atoms in total. The van der Waals surface area contributed by atoms with Crippen LogP contribution >= 0.6 is 22.9 Å². The number of aromatic nitrogens is 1. The van der Waals surface area contributed by atoms with Gasteiger partial charge in [0.25, 0.3) is 5.91 Å². The Labute approximate surface area is 155 Å². The van der Waals surface area contributed by atoms with Crippen LogP contribution in [0, 0.1) is 6.92 Å². The number of hydrogen-bond acceptors (Lipinski definition) is 4. The van der Waals surface area contributed by atoms with Gasteiger partial charge in [0.2, 0.25) is 0 Å². The molecule has 0 atom stereocenters. The van der Waals surface area contributed by atoms with Gasteiger partial charge in [0.15, 0.2) is 11.7 Å². The summed E-state index contributed by atoms with van der Waals surface area (Å²) >= 11 is 7.45. The maximum atomic E-state index is 12.0. The molecule has 1 heterocycles. The van der Waals surface area contributed by atoms with Crippen LogP contribution in [0.2, 0.25) is 5.02 Å². The largest absolute Gasteiger partial charge is 0.482 e. The standard InChI is InChI=1S/C19H17ClN2O2S/c1-13-5-4-6-14(9-13)10-15-11-21-19(25-15)22-18(23)12-24-17-8-3-2-7-16(17)20/h2-9,11H,10,12H2,1H3,(H,21,22,23). The summed E-state index contributed by atoms with van der Waals surface area (Å²) in [6, 6.07) is 15.4. The van der Waals surface area contributed by atoms with E-state index in [1.807, 2.05) is 6.07 Å². The third-order valence-electron chi connectivity index (χ3n) is 3.46. The minimum Gasteiger partial charge on any atom is -0.482 e. The predicted molar refractivity (Wildman–Crippen MR) is 102 cm³/mol. The number of aryl methyl sites for hydroxylation is 1. The van der Waals surface area contributed by atoms with Gasteiger partial charge < -0.3 is 4.74 Å². The minimum absolute atomic E-state index is 0.115. The fourth-order valence-electron chi connectivity index (χ4n) is 2.33. The van der Waals surface area contributed by atoms with Gasteiger partial charge >= 0.3 is 0 Å². The van der Waals surface area contributed by atoms with Crippen molar-refractivity contribution in [2.75, 3.05) is 11.9 Å². The summed E-state index contributed by atoms with van der Waals surface area (Å²) in [6.45, 7) is 1.96. The highest BCUT2D eigenvalue weighted by atomic mass is 35.5. The smallest absolute Gasteiger partial charge is 0.264 e. The highest BCUT2D eigenvalue weighted by Crippen LogP contribution is 2.24. The summed E-state index contributed by atoms with van der Waals surface area (Å²) in [6.07, 6.45) is 2.59. The zero-order chi connectivity index (χ0) is 17.6. The van der Waals surface area contributed by atoms with Crippen molar-refractivity contribution in [3.63, 3.8) is 0 Å². The van der Waals surface area contributed by atoms with Gasteiger partial charge in [-0.25, -0.2) is 4.98 Å². The summed E-state index contributed by atoms with van der Waals surface area (Å²) in [4.78, 5) is 17.3. The van der Waals surface area contributed by atoms with Crippen molar-refractivity contribution in [1.82, 2.24) is 4.98 Å². The lowest BCUT2D eigenvalue weighted by atomic mass is 10.1. The lowest BCUT2D eigenvalue weighted by Crippen LogP contribution is -2.20. The van der Waals surface area contributed by atoms with Crippen molar-refractivity contribution >= 4 is 34.0 Å². The fraction of sp³-hybridized carbons (Fsp3) is 0.158. The summed E-state index contributed by atoms with van der Waals surface area (Å²) < 4.78 is 5.42. The molecule has 0 unspecified atom stereocenters. The number of nitrogens with one attached hydrogen (secondary N) is 1. The second-order valence-electron chi connectivity index (χ2n) is 5.56. The molecule has 0 aliphatic rings. The fourth-order valence-corrected chi connectivity index (χ4v) is 3.38. The first kappa shape index (κ1) is 17.5. The Kier molecular flexibility index (Phi) is 5.68. The van der Waals surface area contributed by atoms with E-state index in [0.717, 1.165) is 11.3 Å². The second kappa shape index (κ2) is 8.14. The van der Waals surface area contributed by atoms with E-state index in [-0.39, 0.29) is 12.5 Å². The van der Waals surface area contributed by atoms with Crippen LogP contribution in [0.1, 0.15) is 16.0 Å². The van der Waals surface area contributed by atoms with Crippen LogP contribution in [-0.2, 0) is 11.2 Å². The Bertz CT molecular complexity index is 879. The number of rotatable bonds is 6. The van der Waals surface area contributed by atoms with Crippen LogP contribution in [0.25, 0.3) is 0 Å². The third-order valence-corrected chi connectivity index (χ3v) is 4.68. The van der Waals surface area contributed by atoms with E-state index < -0.39 is 0 Å². The van der Waals surface area contributed by atoms with Crippen LogP contribution in [0.3, 0.4) is 0 Å². The van der Waals surface area contributed by atoms with Gasteiger partial charge in [-0.2, -0.15) is 0 Å². The van der Waals surface area contributed by atoms with Gasteiger partial charge in [-0.05, 0) is 24.6 Å². The van der Waals surface area contributed by atoms with E-state index in [2.05, 4.69) is 35.4 Å². The molecule has 6 heteroatoms. The van der Waals surface area contributed by atoms with Crippen LogP contribution in [0.5, 0.6) is 5.75 Å². The Morgan fingerprint density at radius 2 is 2.08 bits per heavy atom. The number of hydrogen-bond donors (Lipinski definition) is 1. The van der Waals surface area contributed by atoms with E-state index in [4.69, 9.17) is 16.3 Å². The minimum atomic E-state index is -0.267. The number of nitrogens with zero attached hydrogens (tertiary/aromatic N) is 1. The lowest BCUT2D eigenvalue weighted by Gasteiger charge is -2.06. The van der Waals surface area contributed by atoms with Crippen LogP contribution in [0.4, 0.5) is 5.13 Å². The number of halogens is 1. The van der Waals surface area contributed by atoms with Crippen molar-refractivity contribution in [3.05, 3.63) is 75.8 Å².